The first kappa shape index (κ1) is 13.8. The first-order chi connectivity index (χ1) is 9.18. The van der Waals surface area contributed by atoms with Gasteiger partial charge in [-0.3, -0.25) is 0 Å². The van der Waals surface area contributed by atoms with Crippen molar-refractivity contribution in [3.8, 4) is 0 Å². The lowest BCUT2D eigenvalue weighted by molar-refractivity contribution is 0.124. The van der Waals surface area contributed by atoms with Crippen LogP contribution in [0.3, 0.4) is 0 Å². The number of aliphatic hydroxyl groups excluding tert-OH is 1. The van der Waals surface area contributed by atoms with E-state index in [2.05, 4.69) is 19.2 Å². The monoisotopic (exact) mass is 255 g/mol. The number of aliphatic hydroxyl groups is 1. The molecule has 0 bridgehead atoms. The van der Waals surface area contributed by atoms with Crippen LogP contribution in [0.4, 0.5) is 0 Å². The molecule has 2 aromatic rings. The molecule has 2 heteroatoms. The average molecular weight is 255 g/mol. The normalized spacial score (nSPS) is 14.3. The average Bonchev–Trinajstić information content (AvgIpc) is 2.46. The van der Waals surface area contributed by atoms with Crippen LogP contribution in [-0.2, 0) is 0 Å². The lowest BCUT2D eigenvalue weighted by atomic mass is 9.95. The molecule has 100 valence electrons. The largest absolute Gasteiger partial charge is 0.386 e. The zero-order chi connectivity index (χ0) is 13.7. The van der Waals surface area contributed by atoms with E-state index in [4.69, 9.17) is 0 Å². The molecule has 0 heterocycles. The van der Waals surface area contributed by atoms with Crippen molar-refractivity contribution in [1.29, 1.82) is 0 Å². The zero-order valence-electron chi connectivity index (χ0n) is 11.5. The molecule has 2 N–H and O–H groups in total. The van der Waals surface area contributed by atoms with E-state index in [9.17, 15) is 5.11 Å². The second-order valence-electron chi connectivity index (χ2n) is 5.07. The van der Waals surface area contributed by atoms with Gasteiger partial charge in [0.25, 0.3) is 0 Å². The smallest absolute Gasteiger partial charge is 0.0984 e. The molecule has 0 saturated heterocycles. The van der Waals surface area contributed by atoms with Crippen LogP contribution >= 0.6 is 0 Å². The van der Waals surface area contributed by atoms with Gasteiger partial charge in [-0.25, -0.2) is 0 Å². The molecule has 0 spiro atoms. The molecule has 2 nitrogen and oxygen atoms in total. The maximum absolute atomic E-state index is 10.6. The molecular formula is C17H21NO. The summed E-state index contributed by atoms with van der Waals surface area (Å²) in [7, 11) is 0. The minimum atomic E-state index is -0.550. The maximum Gasteiger partial charge on any atom is 0.0984 e. The molecule has 0 aromatic heterocycles. The Balaban J connectivity index is 2.28. The minimum Gasteiger partial charge on any atom is -0.386 e. The van der Waals surface area contributed by atoms with Crippen molar-refractivity contribution in [2.75, 3.05) is 0 Å². The third-order valence-corrected chi connectivity index (χ3v) is 3.13. The van der Waals surface area contributed by atoms with Gasteiger partial charge in [0.05, 0.1) is 12.1 Å². The van der Waals surface area contributed by atoms with Gasteiger partial charge in [-0.2, -0.15) is 0 Å². The van der Waals surface area contributed by atoms with Crippen LogP contribution in [0.1, 0.15) is 37.1 Å². The summed E-state index contributed by atoms with van der Waals surface area (Å²) < 4.78 is 0. The van der Waals surface area contributed by atoms with Gasteiger partial charge in [-0.1, -0.05) is 74.5 Å². The van der Waals surface area contributed by atoms with E-state index in [1.165, 1.54) is 0 Å². The van der Waals surface area contributed by atoms with Crippen molar-refractivity contribution < 1.29 is 5.11 Å². The summed E-state index contributed by atoms with van der Waals surface area (Å²) >= 11 is 0. The van der Waals surface area contributed by atoms with Crippen LogP contribution < -0.4 is 5.32 Å². The summed E-state index contributed by atoms with van der Waals surface area (Å²) in [5.74, 6) is 0. The lowest BCUT2D eigenvalue weighted by Crippen LogP contribution is -2.32. The summed E-state index contributed by atoms with van der Waals surface area (Å²) in [5, 5.41) is 14.1. The number of nitrogens with one attached hydrogen (secondary N) is 1. The molecule has 0 aliphatic heterocycles. The molecule has 0 saturated carbocycles. The van der Waals surface area contributed by atoms with E-state index >= 15 is 0 Å². The Hall–Kier alpha value is -1.64. The second-order valence-corrected chi connectivity index (χ2v) is 5.07. The summed E-state index contributed by atoms with van der Waals surface area (Å²) in [6.07, 6.45) is -0.550. The minimum absolute atomic E-state index is 0.0939. The molecule has 0 aliphatic carbocycles. The highest BCUT2D eigenvalue weighted by atomic mass is 16.3. The van der Waals surface area contributed by atoms with Crippen molar-refractivity contribution in [2.45, 2.75) is 32.0 Å². The van der Waals surface area contributed by atoms with Gasteiger partial charge in [-0.15, -0.1) is 0 Å². The van der Waals surface area contributed by atoms with Gasteiger partial charge < -0.3 is 10.4 Å². The van der Waals surface area contributed by atoms with E-state index in [1.807, 2.05) is 60.7 Å². The molecule has 0 amide bonds. The summed E-state index contributed by atoms with van der Waals surface area (Å²) in [6, 6.07) is 20.1. The molecule has 0 aliphatic rings. The molecule has 19 heavy (non-hydrogen) atoms. The molecule has 0 fully saturated rings. The van der Waals surface area contributed by atoms with Crippen molar-refractivity contribution in [3.05, 3.63) is 71.8 Å². The Bertz CT molecular complexity index is 481. The molecule has 0 radical (unpaired) electrons. The van der Waals surface area contributed by atoms with Gasteiger partial charge in [-0.05, 0) is 11.1 Å². The van der Waals surface area contributed by atoms with Gasteiger partial charge in [0, 0.05) is 6.04 Å². The molecule has 2 rings (SSSR count). The topological polar surface area (TPSA) is 32.3 Å². The standard InChI is InChI=1S/C17H21NO/c1-13(2)18-16(14-9-5-3-6-10-14)17(19)15-11-7-4-8-12-15/h3-13,16-19H,1-2H3/t16-,17-/m1/s1. The van der Waals surface area contributed by atoms with Gasteiger partial charge in [0.15, 0.2) is 0 Å². The third-order valence-electron chi connectivity index (χ3n) is 3.13. The van der Waals surface area contributed by atoms with Gasteiger partial charge in [0.1, 0.15) is 0 Å². The Morgan fingerprint density at radius 3 is 1.74 bits per heavy atom. The predicted molar refractivity (Wildman–Crippen MR) is 78.9 cm³/mol. The first-order valence-corrected chi connectivity index (χ1v) is 6.72. The van der Waals surface area contributed by atoms with E-state index < -0.39 is 6.10 Å². The van der Waals surface area contributed by atoms with E-state index in [0.717, 1.165) is 11.1 Å². The third kappa shape index (κ3) is 3.66. The van der Waals surface area contributed by atoms with E-state index in [-0.39, 0.29) is 6.04 Å². The quantitative estimate of drug-likeness (QED) is 0.857. The van der Waals surface area contributed by atoms with Crippen LogP contribution in [-0.4, -0.2) is 11.1 Å². The van der Waals surface area contributed by atoms with Crippen LogP contribution in [0.5, 0.6) is 0 Å². The lowest BCUT2D eigenvalue weighted by Gasteiger charge is -2.27. The highest BCUT2D eigenvalue weighted by Crippen LogP contribution is 2.28. The van der Waals surface area contributed by atoms with E-state index in [0.29, 0.717) is 6.04 Å². The predicted octanol–water partition coefficient (Wildman–Crippen LogP) is 3.46. The Labute approximate surface area is 115 Å². The fourth-order valence-electron chi connectivity index (χ4n) is 2.23. The SMILES string of the molecule is CC(C)N[C@H](c1ccccc1)[C@H](O)c1ccccc1. The van der Waals surface area contributed by atoms with Crippen molar-refractivity contribution in [2.24, 2.45) is 0 Å². The highest BCUT2D eigenvalue weighted by Gasteiger charge is 2.22. The second kappa shape index (κ2) is 6.50. The Morgan fingerprint density at radius 2 is 1.26 bits per heavy atom. The number of hydrogen-bond acceptors (Lipinski definition) is 2. The van der Waals surface area contributed by atoms with Crippen molar-refractivity contribution in [1.82, 2.24) is 5.32 Å². The van der Waals surface area contributed by atoms with Gasteiger partial charge in [0.2, 0.25) is 0 Å². The fraction of sp³-hybridized carbons (Fsp3) is 0.294. The zero-order valence-corrected chi connectivity index (χ0v) is 11.5. The first-order valence-electron chi connectivity index (χ1n) is 6.72. The highest BCUT2D eigenvalue weighted by molar-refractivity contribution is 5.26. The van der Waals surface area contributed by atoms with Crippen molar-refractivity contribution >= 4 is 0 Å². The summed E-state index contributed by atoms with van der Waals surface area (Å²) in [6.45, 7) is 4.18. The molecule has 2 atom stereocenters. The van der Waals surface area contributed by atoms with Crippen LogP contribution in [0.25, 0.3) is 0 Å². The number of rotatable bonds is 5. The molecule has 2 aromatic carbocycles. The number of benzene rings is 2. The van der Waals surface area contributed by atoms with Gasteiger partial charge >= 0.3 is 0 Å². The van der Waals surface area contributed by atoms with Crippen LogP contribution in [0.2, 0.25) is 0 Å². The molecular weight excluding hydrogens is 234 g/mol. The molecule has 0 unspecified atom stereocenters. The number of hydrogen-bond donors (Lipinski definition) is 2. The fourth-order valence-corrected chi connectivity index (χ4v) is 2.23. The van der Waals surface area contributed by atoms with Crippen molar-refractivity contribution in [3.63, 3.8) is 0 Å². The van der Waals surface area contributed by atoms with Crippen LogP contribution in [0, 0.1) is 0 Å². The summed E-state index contributed by atoms with van der Waals surface area (Å²) in [4.78, 5) is 0. The van der Waals surface area contributed by atoms with Crippen LogP contribution in [0.15, 0.2) is 60.7 Å². The summed E-state index contributed by atoms with van der Waals surface area (Å²) in [5.41, 5.74) is 2.04. The maximum atomic E-state index is 10.6. The van der Waals surface area contributed by atoms with E-state index in [1.54, 1.807) is 0 Å². The Morgan fingerprint density at radius 1 is 0.789 bits per heavy atom. The Kier molecular flexibility index (Phi) is 4.72.